The third-order valence-corrected chi connectivity index (χ3v) is 5.42. The molecular formula is C21H17Cl2N5O. The van der Waals surface area contributed by atoms with E-state index in [9.17, 15) is 4.79 Å². The van der Waals surface area contributed by atoms with Crippen molar-refractivity contribution in [3.8, 4) is 11.8 Å². The number of carbonyl (C=O) groups excluding carboxylic acids is 1. The standard InChI is InChI=1S/C21H17Cl2N5O/c1-13-12-27(16-6-7-17(22)18(23)9-16)21(29)20-15(11-26-28(13)20)5-3-14-4-8-19(24-2)25-10-14/h4,6-11,13H,12H2,1-2H3,(H,24,25)/t13-/m0/s1. The number of hydrogen-bond donors (Lipinski definition) is 1. The quantitative estimate of drug-likeness (QED) is 0.623. The van der Waals surface area contributed by atoms with Crippen LogP contribution >= 0.6 is 23.2 Å². The first-order valence-electron chi connectivity index (χ1n) is 8.98. The predicted molar refractivity (Wildman–Crippen MR) is 115 cm³/mol. The second-order valence-corrected chi connectivity index (χ2v) is 7.46. The first-order valence-corrected chi connectivity index (χ1v) is 9.73. The summed E-state index contributed by atoms with van der Waals surface area (Å²) in [6.07, 6.45) is 3.31. The number of halogens is 2. The molecule has 4 rings (SSSR count). The molecule has 29 heavy (non-hydrogen) atoms. The lowest BCUT2D eigenvalue weighted by molar-refractivity contribution is 0.0953. The van der Waals surface area contributed by atoms with Gasteiger partial charge in [0.05, 0.1) is 27.8 Å². The summed E-state index contributed by atoms with van der Waals surface area (Å²) in [4.78, 5) is 19.2. The molecule has 1 aromatic carbocycles. The van der Waals surface area contributed by atoms with Gasteiger partial charge >= 0.3 is 0 Å². The summed E-state index contributed by atoms with van der Waals surface area (Å²) in [6, 6.07) is 8.87. The van der Waals surface area contributed by atoms with Gasteiger partial charge in [-0.3, -0.25) is 9.48 Å². The summed E-state index contributed by atoms with van der Waals surface area (Å²) >= 11 is 12.2. The van der Waals surface area contributed by atoms with E-state index in [0.717, 1.165) is 11.4 Å². The van der Waals surface area contributed by atoms with Crippen LogP contribution in [0.3, 0.4) is 0 Å². The molecule has 0 unspecified atom stereocenters. The van der Waals surface area contributed by atoms with E-state index in [2.05, 4.69) is 27.2 Å². The van der Waals surface area contributed by atoms with E-state index < -0.39 is 0 Å². The van der Waals surface area contributed by atoms with Crippen LogP contribution < -0.4 is 10.2 Å². The van der Waals surface area contributed by atoms with Crippen molar-refractivity contribution < 1.29 is 4.79 Å². The Bertz CT molecular complexity index is 1140. The minimum atomic E-state index is -0.174. The van der Waals surface area contributed by atoms with Gasteiger partial charge in [-0.1, -0.05) is 35.0 Å². The number of fused-ring (bicyclic) bond motifs is 1. The molecular weight excluding hydrogens is 409 g/mol. The highest BCUT2D eigenvalue weighted by Gasteiger charge is 2.33. The third-order valence-electron chi connectivity index (χ3n) is 4.68. The predicted octanol–water partition coefficient (Wildman–Crippen LogP) is 4.25. The molecule has 0 fully saturated rings. The molecule has 0 saturated heterocycles. The number of aromatic nitrogens is 3. The smallest absolute Gasteiger partial charge is 0.277 e. The summed E-state index contributed by atoms with van der Waals surface area (Å²) < 4.78 is 1.72. The maximum absolute atomic E-state index is 13.2. The normalized spacial score (nSPS) is 15.5. The minimum absolute atomic E-state index is 0.00992. The van der Waals surface area contributed by atoms with Crippen LogP contribution in [0.1, 0.15) is 34.6 Å². The summed E-state index contributed by atoms with van der Waals surface area (Å²) in [5, 5.41) is 8.19. The van der Waals surface area contributed by atoms with Crippen LogP contribution in [0.4, 0.5) is 11.5 Å². The number of hydrogen-bond acceptors (Lipinski definition) is 4. The third kappa shape index (κ3) is 3.67. The molecule has 1 aliphatic rings. The van der Waals surface area contributed by atoms with Crippen molar-refractivity contribution in [3.05, 3.63) is 69.6 Å². The molecule has 146 valence electrons. The molecule has 3 heterocycles. The Hall–Kier alpha value is -3.01. The minimum Gasteiger partial charge on any atom is -0.373 e. The Morgan fingerprint density at radius 3 is 2.66 bits per heavy atom. The van der Waals surface area contributed by atoms with Crippen LogP contribution in [0.2, 0.25) is 10.0 Å². The molecule has 0 aliphatic carbocycles. The largest absolute Gasteiger partial charge is 0.373 e. The van der Waals surface area contributed by atoms with Gasteiger partial charge in [-0.2, -0.15) is 5.10 Å². The van der Waals surface area contributed by atoms with Gasteiger partial charge in [-0.25, -0.2) is 4.98 Å². The van der Waals surface area contributed by atoms with Crippen molar-refractivity contribution in [2.45, 2.75) is 13.0 Å². The topological polar surface area (TPSA) is 63.1 Å². The molecule has 1 atom stereocenters. The lowest BCUT2D eigenvalue weighted by atomic mass is 10.1. The molecule has 1 amide bonds. The zero-order valence-electron chi connectivity index (χ0n) is 15.8. The molecule has 0 saturated carbocycles. The van der Waals surface area contributed by atoms with Crippen LogP contribution in [0.5, 0.6) is 0 Å². The number of benzene rings is 1. The molecule has 0 bridgehead atoms. The zero-order chi connectivity index (χ0) is 20.5. The second kappa shape index (κ2) is 7.78. The van der Waals surface area contributed by atoms with Gasteiger partial charge in [0.15, 0.2) is 0 Å². The van der Waals surface area contributed by atoms with Gasteiger partial charge in [0, 0.05) is 31.0 Å². The van der Waals surface area contributed by atoms with Gasteiger partial charge in [0.2, 0.25) is 0 Å². The van der Waals surface area contributed by atoms with E-state index in [1.54, 1.807) is 47.2 Å². The second-order valence-electron chi connectivity index (χ2n) is 6.65. The highest BCUT2D eigenvalue weighted by atomic mass is 35.5. The van der Waals surface area contributed by atoms with E-state index in [-0.39, 0.29) is 11.9 Å². The lowest BCUT2D eigenvalue weighted by Crippen LogP contribution is -2.43. The van der Waals surface area contributed by atoms with Crippen molar-refractivity contribution in [3.63, 3.8) is 0 Å². The van der Waals surface area contributed by atoms with E-state index in [1.807, 2.05) is 19.1 Å². The highest BCUT2D eigenvalue weighted by molar-refractivity contribution is 6.42. The SMILES string of the molecule is CNc1ccc(C#Cc2cnn3c2C(=O)N(c2ccc(Cl)c(Cl)c2)C[C@@H]3C)cn1. The molecule has 1 aliphatic heterocycles. The maximum atomic E-state index is 13.2. The van der Waals surface area contributed by atoms with Crippen LogP contribution in [0.25, 0.3) is 0 Å². The summed E-state index contributed by atoms with van der Waals surface area (Å²) in [5.41, 5.74) is 2.47. The molecule has 2 aromatic heterocycles. The molecule has 6 nitrogen and oxygen atoms in total. The molecule has 1 N–H and O–H groups in total. The average molecular weight is 426 g/mol. The number of nitrogens with zero attached hydrogens (tertiary/aromatic N) is 4. The number of pyridine rings is 1. The molecule has 0 spiro atoms. The summed E-state index contributed by atoms with van der Waals surface area (Å²) in [6.45, 7) is 2.48. The number of anilines is 2. The Labute approximate surface area is 178 Å². The summed E-state index contributed by atoms with van der Waals surface area (Å²) in [7, 11) is 1.80. The van der Waals surface area contributed by atoms with Crippen molar-refractivity contribution >= 4 is 40.6 Å². The van der Waals surface area contributed by atoms with Gasteiger partial charge in [-0.15, -0.1) is 0 Å². The van der Waals surface area contributed by atoms with E-state index >= 15 is 0 Å². The Balaban J connectivity index is 1.69. The Kier molecular flexibility index (Phi) is 5.18. The van der Waals surface area contributed by atoms with Crippen molar-refractivity contribution in [2.75, 3.05) is 23.8 Å². The van der Waals surface area contributed by atoms with Crippen LogP contribution in [-0.2, 0) is 0 Å². The number of rotatable bonds is 2. The van der Waals surface area contributed by atoms with Crippen molar-refractivity contribution in [1.29, 1.82) is 0 Å². The van der Waals surface area contributed by atoms with Gasteiger partial charge in [0.1, 0.15) is 11.5 Å². The fourth-order valence-corrected chi connectivity index (χ4v) is 3.48. The van der Waals surface area contributed by atoms with E-state index in [0.29, 0.717) is 33.5 Å². The summed E-state index contributed by atoms with van der Waals surface area (Å²) in [5.74, 6) is 6.70. The highest BCUT2D eigenvalue weighted by Crippen LogP contribution is 2.31. The molecule has 8 heteroatoms. The van der Waals surface area contributed by atoms with Crippen LogP contribution in [-0.4, -0.2) is 34.3 Å². The van der Waals surface area contributed by atoms with Crippen LogP contribution in [0, 0.1) is 11.8 Å². The number of carbonyl (C=O) groups is 1. The lowest BCUT2D eigenvalue weighted by Gasteiger charge is -2.32. The van der Waals surface area contributed by atoms with Gasteiger partial charge < -0.3 is 10.2 Å². The monoisotopic (exact) mass is 425 g/mol. The molecule has 0 radical (unpaired) electrons. The maximum Gasteiger partial charge on any atom is 0.277 e. The fourth-order valence-electron chi connectivity index (χ4n) is 3.18. The Morgan fingerprint density at radius 1 is 1.14 bits per heavy atom. The Morgan fingerprint density at radius 2 is 1.97 bits per heavy atom. The average Bonchev–Trinajstić information content (AvgIpc) is 3.16. The zero-order valence-corrected chi connectivity index (χ0v) is 17.3. The van der Waals surface area contributed by atoms with Crippen molar-refractivity contribution in [2.24, 2.45) is 0 Å². The first kappa shape index (κ1) is 19.3. The van der Waals surface area contributed by atoms with E-state index in [1.165, 1.54) is 0 Å². The molecule has 3 aromatic rings. The number of amides is 1. The first-order chi connectivity index (χ1) is 14.0. The number of nitrogens with one attached hydrogen (secondary N) is 1. The van der Waals surface area contributed by atoms with Gasteiger partial charge in [-0.05, 0) is 37.3 Å². The van der Waals surface area contributed by atoms with Gasteiger partial charge in [0.25, 0.3) is 5.91 Å². The fraction of sp³-hybridized carbons (Fsp3) is 0.190. The van der Waals surface area contributed by atoms with Crippen LogP contribution in [0.15, 0.2) is 42.7 Å². The van der Waals surface area contributed by atoms with E-state index in [4.69, 9.17) is 23.2 Å². The van der Waals surface area contributed by atoms with Crippen molar-refractivity contribution in [1.82, 2.24) is 14.8 Å².